The van der Waals surface area contributed by atoms with Crippen molar-refractivity contribution in [2.24, 2.45) is 0 Å². The van der Waals surface area contributed by atoms with Crippen LogP contribution in [0.1, 0.15) is 11.4 Å². The fourth-order valence-corrected chi connectivity index (χ4v) is 3.05. The highest BCUT2D eigenvalue weighted by atomic mass is 16.4. The number of hydrogen-bond acceptors (Lipinski definition) is 4. The quantitative estimate of drug-likeness (QED) is 0.521. The van der Waals surface area contributed by atoms with Crippen LogP contribution in [0.15, 0.2) is 73.3 Å². The van der Waals surface area contributed by atoms with E-state index in [0.717, 1.165) is 34.8 Å². The molecule has 0 aromatic carbocycles. The van der Waals surface area contributed by atoms with Gasteiger partial charge in [0.05, 0.1) is 36.9 Å². The third kappa shape index (κ3) is 3.48. The van der Waals surface area contributed by atoms with Crippen LogP contribution >= 0.6 is 0 Å². The summed E-state index contributed by atoms with van der Waals surface area (Å²) in [5.41, 5.74) is 3.20. The Morgan fingerprint density at radius 1 is 0.893 bits per heavy atom. The Hall–Kier alpha value is -3.94. The molecule has 0 saturated carbocycles. The Kier molecular flexibility index (Phi) is 4.59. The molecule has 0 saturated heterocycles. The standard InChI is InChI=1S/C20H17N5O3/c26-19(7-8-20(27)28)23(13-15-11-21-17-5-1-3-9-24(15)17)14-16-12-22-18-6-2-4-10-25(16)18/h1-12H,13-14H2,(H,27,28)/b8-7+. The highest BCUT2D eigenvalue weighted by Gasteiger charge is 2.17. The molecule has 1 amide bonds. The second-order valence-corrected chi connectivity index (χ2v) is 6.22. The van der Waals surface area contributed by atoms with Crippen LogP contribution in [-0.4, -0.2) is 40.7 Å². The van der Waals surface area contributed by atoms with Crippen LogP contribution < -0.4 is 0 Å². The van der Waals surface area contributed by atoms with E-state index in [4.69, 9.17) is 5.11 Å². The van der Waals surface area contributed by atoms with Gasteiger partial charge in [0.1, 0.15) is 11.3 Å². The molecule has 0 aliphatic rings. The van der Waals surface area contributed by atoms with Gasteiger partial charge in [0, 0.05) is 24.5 Å². The fourth-order valence-electron chi connectivity index (χ4n) is 3.05. The number of pyridine rings is 2. The average molecular weight is 375 g/mol. The van der Waals surface area contributed by atoms with Crippen LogP contribution in [-0.2, 0) is 22.7 Å². The van der Waals surface area contributed by atoms with E-state index in [9.17, 15) is 9.59 Å². The lowest BCUT2D eigenvalue weighted by atomic mass is 10.3. The first-order valence-electron chi connectivity index (χ1n) is 8.63. The topological polar surface area (TPSA) is 92.2 Å². The van der Waals surface area contributed by atoms with Gasteiger partial charge in [-0.15, -0.1) is 0 Å². The van der Waals surface area contributed by atoms with Gasteiger partial charge in [0.15, 0.2) is 0 Å². The van der Waals surface area contributed by atoms with Gasteiger partial charge >= 0.3 is 5.97 Å². The van der Waals surface area contributed by atoms with Crippen molar-refractivity contribution >= 4 is 23.2 Å². The van der Waals surface area contributed by atoms with Crippen LogP contribution in [0.3, 0.4) is 0 Å². The lowest BCUT2D eigenvalue weighted by Gasteiger charge is -2.21. The molecule has 28 heavy (non-hydrogen) atoms. The van der Waals surface area contributed by atoms with Crippen LogP contribution in [0.4, 0.5) is 0 Å². The first-order valence-corrected chi connectivity index (χ1v) is 8.63. The molecule has 8 nitrogen and oxygen atoms in total. The molecule has 0 bridgehead atoms. The Morgan fingerprint density at radius 2 is 1.43 bits per heavy atom. The number of hydrogen-bond donors (Lipinski definition) is 1. The summed E-state index contributed by atoms with van der Waals surface area (Å²) in [5.74, 6) is -1.57. The van der Waals surface area contributed by atoms with E-state index in [1.54, 1.807) is 17.3 Å². The third-order valence-electron chi connectivity index (χ3n) is 4.37. The molecule has 4 rings (SSSR count). The van der Waals surface area contributed by atoms with Gasteiger partial charge in [-0.1, -0.05) is 12.1 Å². The first kappa shape index (κ1) is 17.5. The highest BCUT2D eigenvalue weighted by Crippen LogP contribution is 2.14. The molecule has 4 aromatic rings. The first-order chi connectivity index (χ1) is 13.6. The van der Waals surface area contributed by atoms with Gasteiger partial charge in [-0.2, -0.15) is 0 Å². The van der Waals surface area contributed by atoms with Crippen molar-refractivity contribution in [2.75, 3.05) is 0 Å². The zero-order valence-corrected chi connectivity index (χ0v) is 14.8. The smallest absolute Gasteiger partial charge is 0.328 e. The number of carbonyl (C=O) groups excluding carboxylic acids is 1. The SMILES string of the molecule is O=C(O)/C=C/C(=O)N(Cc1cnc2ccccn12)Cc1cnc2ccccn12. The number of carboxylic acid groups (broad SMARTS) is 1. The van der Waals surface area contributed by atoms with Crippen molar-refractivity contribution in [3.63, 3.8) is 0 Å². The maximum atomic E-state index is 12.7. The highest BCUT2D eigenvalue weighted by molar-refractivity contribution is 5.93. The fraction of sp³-hybridized carbons (Fsp3) is 0.100. The summed E-state index contributed by atoms with van der Waals surface area (Å²) in [5, 5.41) is 8.85. The summed E-state index contributed by atoms with van der Waals surface area (Å²) < 4.78 is 3.80. The molecule has 0 spiro atoms. The number of aliphatic carboxylic acids is 1. The van der Waals surface area contributed by atoms with E-state index < -0.39 is 11.9 Å². The van der Waals surface area contributed by atoms with Gasteiger partial charge in [0.25, 0.3) is 0 Å². The Labute approximate surface area is 160 Å². The van der Waals surface area contributed by atoms with E-state index in [2.05, 4.69) is 9.97 Å². The molecule has 0 aliphatic carbocycles. The molecule has 0 fully saturated rings. The Morgan fingerprint density at radius 3 is 1.93 bits per heavy atom. The van der Waals surface area contributed by atoms with Crippen molar-refractivity contribution in [2.45, 2.75) is 13.1 Å². The van der Waals surface area contributed by atoms with E-state index >= 15 is 0 Å². The summed E-state index contributed by atoms with van der Waals surface area (Å²) in [6, 6.07) is 11.3. The zero-order chi connectivity index (χ0) is 19.5. The summed E-state index contributed by atoms with van der Waals surface area (Å²) in [7, 11) is 0. The predicted molar refractivity (Wildman–Crippen MR) is 101 cm³/mol. The van der Waals surface area contributed by atoms with E-state index in [-0.39, 0.29) is 13.1 Å². The molecule has 0 unspecified atom stereocenters. The molecule has 1 N–H and O–H groups in total. The normalized spacial score (nSPS) is 11.4. The van der Waals surface area contributed by atoms with Crippen LogP contribution in [0.5, 0.6) is 0 Å². The largest absolute Gasteiger partial charge is 0.478 e. The van der Waals surface area contributed by atoms with Crippen molar-refractivity contribution in [3.8, 4) is 0 Å². The van der Waals surface area contributed by atoms with Gasteiger partial charge in [-0.05, 0) is 24.3 Å². The van der Waals surface area contributed by atoms with E-state index in [0.29, 0.717) is 0 Å². The minimum atomic E-state index is -1.17. The minimum Gasteiger partial charge on any atom is -0.478 e. The van der Waals surface area contributed by atoms with Gasteiger partial charge in [-0.3, -0.25) is 4.79 Å². The molecular formula is C20H17N5O3. The van der Waals surface area contributed by atoms with Gasteiger partial charge in [-0.25, -0.2) is 14.8 Å². The Bertz CT molecular complexity index is 1110. The molecule has 4 heterocycles. The van der Waals surface area contributed by atoms with E-state index in [1.165, 1.54) is 0 Å². The van der Waals surface area contributed by atoms with Crippen molar-refractivity contribution < 1.29 is 14.7 Å². The molecular weight excluding hydrogens is 358 g/mol. The number of imidazole rings is 2. The number of aromatic nitrogens is 4. The summed E-state index contributed by atoms with van der Waals surface area (Å²) >= 11 is 0. The number of carboxylic acids is 1. The molecule has 140 valence electrons. The lowest BCUT2D eigenvalue weighted by Crippen LogP contribution is -2.29. The second-order valence-electron chi connectivity index (χ2n) is 6.22. The second kappa shape index (κ2) is 7.36. The predicted octanol–water partition coefficient (Wildman–Crippen LogP) is 2.15. The summed E-state index contributed by atoms with van der Waals surface area (Å²) in [6.07, 6.45) is 9.09. The average Bonchev–Trinajstić information content (AvgIpc) is 3.30. The molecule has 8 heteroatoms. The maximum absolute atomic E-state index is 12.7. The summed E-state index contributed by atoms with van der Waals surface area (Å²) in [4.78, 5) is 33.8. The lowest BCUT2D eigenvalue weighted by molar-refractivity contribution is -0.132. The maximum Gasteiger partial charge on any atom is 0.328 e. The van der Waals surface area contributed by atoms with Crippen molar-refractivity contribution in [1.29, 1.82) is 0 Å². The number of rotatable bonds is 6. The number of amides is 1. The molecule has 0 atom stereocenters. The molecule has 0 aliphatic heterocycles. The van der Waals surface area contributed by atoms with Crippen LogP contribution in [0.25, 0.3) is 11.3 Å². The van der Waals surface area contributed by atoms with Crippen LogP contribution in [0.2, 0.25) is 0 Å². The Balaban J connectivity index is 1.67. The zero-order valence-electron chi connectivity index (χ0n) is 14.8. The van der Waals surface area contributed by atoms with Crippen molar-refractivity contribution in [1.82, 2.24) is 23.7 Å². The van der Waals surface area contributed by atoms with E-state index in [1.807, 2.05) is 57.6 Å². The monoisotopic (exact) mass is 375 g/mol. The summed E-state index contributed by atoms with van der Waals surface area (Å²) in [6.45, 7) is 0.544. The minimum absolute atomic E-state index is 0.272. The number of carbonyl (C=O) groups is 2. The molecule has 4 aromatic heterocycles. The number of nitrogens with zero attached hydrogens (tertiary/aromatic N) is 5. The third-order valence-corrected chi connectivity index (χ3v) is 4.37. The molecule has 0 radical (unpaired) electrons. The number of fused-ring (bicyclic) bond motifs is 2. The van der Waals surface area contributed by atoms with Gasteiger partial charge < -0.3 is 18.8 Å². The van der Waals surface area contributed by atoms with Crippen LogP contribution in [0, 0.1) is 0 Å². The van der Waals surface area contributed by atoms with Gasteiger partial charge in [0.2, 0.25) is 5.91 Å². The van der Waals surface area contributed by atoms with Crippen molar-refractivity contribution in [3.05, 3.63) is 84.7 Å².